The number of carboxylic acids is 1. The van der Waals surface area contributed by atoms with Crippen LogP contribution in [0.3, 0.4) is 0 Å². The molecule has 0 aromatic heterocycles. The normalized spacial score (nSPS) is 15.7. The first-order valence-electron chi connectivity index (χ1n) is 9.08. The summed E-state index contributed by atoms with van der Waals surface area (Å²) < 4.78 is 19.6. The number of aliphatic carboxylic acids is 1. The van der Waals surface area contributed by atoms with Crippen molar-refractivity contribution in [1.29, 1.82) is 0 Å². The topological polar surface area (TPSA) is 46.5 Å². The third-order valence-electron chi connectivity index (χ3n) is 5.10. The zero-order chi connectivity index (χ0) is 19.7. The molecule has 142 valence electrons. The van der Waals surface area contributed by atoms with Crippen molar-refractivity contribution in [2.75, 3.05) is 0 Å². The van der Waals surface area contributed by atoms with Gasteiger partial charge in [0, 0.05) is 5.56 Å². The molecule has 3 aromatic carbocycles. The Bertz CT molecular complexity index is 1050. The smallest absolute Gasteiger partial charge is 0.306 e. The van der Waals surface area contributed by atoms with E-state index in [1.54, 1.807) is 12.1 Å². The van der Waals surface area contributed by atoms with Gasteiger partial charge in [-0.1, -0.05) is 41.9 Å². The van der Waals surface area contributed by atoms with Crippen LogP contribution in [-0.2, 0) is 17.6 Å². The molecule has 3 aromatic rings. The van der Waals surface area contributed by atoms with Crippen LogP contribution in [0.1, 0.15) is 17.5 Å². The van der Waals surface area contributed by atoms with Gasteiger partial charge in [-0.2, -0.15) is 0 Å². The highest BCUT2D eigenvalue weighted by Gasteiger charge is 2.24. The highest BCUT2D eigenvalue weighted by atomic mass is 35.5. The number of carbonyl (C=O) groups is 1. The van der Waals surface area contributed by atoms with Crippen molar-refractivity contribution >= 4 is 17.6 Å². The second-order valence-electron chi connectivity index (χ2n) is 6.94. The van der Waals surface area contributed by atoms with Crippen molar-refractivity contribution in [2.24, 2.45) is 5.92 Å². The summed E-state index contributed by atoms with van der Waals surface area (Å²) in [4.78, 5) is 11.3. The van der Waals surface area contributed by atoms with Gasteiger partial charge in [0.05, 0.1) is 10.9 Å². The summed E-state index contributed by atoms with van der Waals surface area (Å²) >= 11 is 5.93. The SMILES string of the molecule is O=C(O)C1CCc2ccc(Oc3ccccc3-c3ccc(F)c(Cl)c3)cc2C1. The summed E-state index contributed by atoms with van der Waals surface area (Å²) in [6, 6.07) is 17.8. The summed E-state index contributed by atoms with van der Waals surface area (Å²) in [6.45, 7) is 0. The molecule has 28 heavy (non-hydrogen) atoms. The second-order valence-corrected chi connectivity index (χ2v) is 7.34. The van der Waals surface area contributed by atoms with Gasteiger partial charge in [-0.25, -0.2) is 4.39 Å². The molecular weight excluding hydrogens is 379 g/mol. The minimum atomic E-state index is -0.754. The first-order valence-corrected chi connectivity index (χ1v) is 9.46. The van der Waals surface area contributed by atoms with E-state index in [1.165, 1.54) is 11.6 Å². The van der Waals surface area contributed by atoms with Crippen molar-refractivity contribution in [1.82, 2.24) is 0 Å². The van der Waals surface area contributed by atoms with E-state index in [4.69, 9.17) is 16.3 Å². The van der Waals surface area contributed by atoms with E-state index >= 15 is 0 Å². The number of aryl methyl sites for hydroxylation is 1. The molecule has 0 saturated heterocycles. The molecule has 1 aliphatic rings. The molecule has 1 N–H and O–H groups in total. The standard InChI is InChI=1S/C23H18ClFO3/c24-20-13-15(8-10-21(20)25)19-3-1-2-4-22(19)28-18-9-7-14-5-6-16(23(26)27)11-17(14)12-18/h1-4,7-10,12-13,16H,5-6,11H2,(H,26,27). The predicted molar refractivity (Wildman–Crippen MR) is 107 cm³/mol. The van der Waals surface area contributed by atoms with Gasteiger partial charge in [-0.15, -0.1) is 0 Å². The fourth-order valence-corrected chi connectivity index (χ4v) is 3.77. The number of benzene rings is 3. The first-order chi connectivity index (χ1) is 13.5. The van der Waals surface area contributed by atoms with E-state index in [0.29, 0.717) is 24.3 Å². The lowest BCUT2D eigenvalue weighted by molar-refractivity contribution is -0.142. The van der Waals surface area contributed by atoms with Crippen molar-refractivity contribution in [3.63, 3.8) is 0 Å². The molecule has 1 aliphatic carbocycles. The van der Waals surface area contributed by atoms with E-state index < -0.39 is 11.8 Å². The zero-order valence-corrected chi connectivity index (χ0v) is 15.7. The van der Waals surface area contributed by atoms with Crippen LogP contribution in [0.25, 0.3) is 11.1 Å². The third kappa shape index (κ3) is 3.73. The lowest BCUT2D eigenvalue weighted by Crippen LogP contribution is -2.22. The maximum atomic E-state index is 13.5. The highest BCUT2D eigenvalue weighted by Crippen LogP contribution is 2.36. The Morgan fingerprint density at radius 1 is 1.07 bits per heavy atom. The summed E-state index contributed by atoms with van der Waals surface area (Å²) in [5.41, 5.74) is 3.73. The zero-order valence-electron chi connectivity index (χ0n) is 15.0. The predicted octanol–water partition coefficient (Wildman–Crippen LogP) is 6.13. The molecule has 0 spiro atoms. The number of fused-ring (bicyclic) bond motifs is 1. The molecule has 4 rings (SSSR count). The van der Waals surface area contributed by atoms with Crippen LogP contribution in [0.2, 0.25) is 5.02 Å². The number of para-hydroxylation sites is 1. The van der Waals surface area contributed by atoms with Gasteiger partial charge in [0.25, 0.3) is 0 Å². The van der Waals surface area contributed by atoms with Crippen LogP contribution in [0.15, 0.2) is 60.7 Å². The largest absolute Gasteiger partial charge is 0.481 e. The van der Waals surface area contributed by atoms with Gasteiger partial charge in [0.15, 0.2) is 0 Å². The average Bonchev–Trinajstić information content (AvgIpc) is 2.70. The quantitative estimate of drug-likeness (QED) is 0.577. The number of carboxylic acid groups (broad SMARTS) is 1. The van der Waals surface area contributed by atoms with Crippen molar-refractivity contribution < 1.29 is 19.0 Å². The molecule has 0 saturated carbocycles. The van der Waals surface area contributed by atoms with Crippen LogP contribution in [0, 0.1) is 11.7 Å². The Balaban J connectivity index is 1.65. The Hall–Kier alpha value is -2.85. The minimum absolute atomic E-state index is 0.0563. The Morgan fingerprint density at radius 2 is 1.89 bits per heavy atom. The summed E-state index contributed by atoms with van der Waals surface area (Å²) in [7, 11) is 0. The third-order valence-corrected chi connectivity index (χ3v) is 5.39. The van der Waals surface area contributed by atoms with Gasteiger partial charge in [-0.3, -0.25) is 4.79 Å². The van der Waals surface area contributed by atoms with Crippen LogP contribution in [-0.4, -0.2) is 11.1 Å². The van der Waals surface area contributed by atoms with Crippen LogP contribution in [0.4, 0.5) is 4.39 Å². The lowest BCUT2D eigenvalue weighted by atomic mass is 9.84. The molecule has 3 nitrogen and oxygen atoms in total. The van der Waals surface area contributed by atoms with Gasteiger partial charge < -0.3 is 9.84 Å². The summed E-state index contributed by atoms with van der Waals surface area (Å²) in [5.74, 6) is -0.306. The van der Waals surface area contributed by atoms with Gasteiger partial charge in [0.1, 0.15) is 17.3 Å². The fraction of sp³-hybridized carbons (Fsp3) is 0.174. The Kier molecular flexibility index (Phi) is 5.05. The Labute approximate surface area is 167 Å². The van der Waals surface area contributed by atoms with E-state index in [9.17, 15) is 14.3 Å². The van der Waals surface area contributed by atoms with E-state index in [2.05, 4.69) is 0 Å². The van der Waals surface area contributed by atoms with Crippen molar-refractivity contribution in [3.8, 4) is 22.6 Å². The van der Waals surface area contributed by atoms with Crippen LogP contribution < -0.4 is 4.74 Å². The first kappa shape index (κ1) is 18.5. The molecule has 0 bridgehead atoms. The van der Waals surface area contributed by atoms with Gasteiger partial charge >= 0.3 is 5.97 Å². The average molecular weight is 397 g/mol. The number of hydrogen-bond donors (Lipinski definition) is 1. The minimum Gasteiger partial charge on any atom is -0.481 e. The van der Waals surface area contributed by atoms with E-state index in [0.717, 1.165) is 23.1 Å². The summed E-state index contributed by atoms with van der Waals surface area (Å²) in [5, 5.41) is 9.36. The number of ether oxygens (including phenoxy) is 1. The second kappa shape index (κ2) is 7.64. The molecule has 5 heteroatoms. The molecular formula is C23H18ClFO3. The van der Waals surface area contributed by atoms with Gasteiger partial charge in [-0.05, 0) is 66.3 Å². The molecule has 0 radical (unpaired) electrons. The van der Waals surface area contributed by atoms with Crippen LogP contribution >= 0.6 is 11.6 Å². The molecule has 0 aliphatic heterocycles. The van der Waals surface area contributed by atoms with Crippen molar-refractivity contribution in [3.05, 3.63) is 82.6 Å². The lowest BCUT2D eigenvalue weighted by Gasteiger charge is -2.22. The van der Waals surface area contributed by atoms with Gasteiger partial charge in [0.2, 0.25) is 0 Å². The van der Waals surface area contributed by atoms with E-state index in [1.807, 2.05) is 42.5 Å². The van der Waals surface area contributed by atoms with Crippen LogP contribution in [0.5, 0.6) is 11.5 Å². The highest BCUT2D eigenvalue weighted by molar-refractivity contribution is 6.31. The molecule has 0 heterocycles. The number of halogens is 2. The van der Waals surface area contributed by atoms with Crippen molar-refractivity contribution in [2.45, 2.75) is 19.3 Å². The molecule has 0 fully saturated rings. The fourth-order valence-electron chi connectivity index (χ4n) is 3.59. The maximum absolute atomic E-state index is 13.5. The molecule has 1 unspecified atom stereocenters. The Morgan fingerprint density at radius 3 is 2.68 bits per heavy atom. The monoisotopic (exact) mass is 396 g/mol. The number of rotatable bonds is 4. The molecule has 1 atom stereocenters. The molecule has 0 amide bonds. The summed E-state index contributed by atoms with van der Waals surface area (Å²) in [6.07, 6.45) is 1.94. The number of hydrogen-bond acceptors (Lipinski definition) is 2. The van der Waals surface area contributed by atoms with E-state index in [-0.39, 0.29) is 10.9 Å². The maximum Gasteiger partial charge on any atom is 0.306 e.